The first-order chi connectivity index (χ1) is 9.93. The molecule has 0 amide bonds. The van der Waals surface area contributed by atoms with E-state index in [1.165, 1.54) is 17.6 Å². The van der Waals surface area contributed by atoms with Gasteiger partial charge in [0.05, 0.1) is 22.9 Å². The zero-order valence-corrected chi connectivity index (χ0v) is 12.1. The average molecular weight is 323 g/mol. The van der Waals surface area contributed by atoms with E-state index in [1.807, 2.05) is 6.07 Å². The molecule has 1 aromatic carbocycles. The number of anilines is 1. The van der Waals surface area contributed by atoms with Gasteiger partial charge in [0, 0.05) is 0 Å². The molecule has 0 atom stereocenters. The first-order valence-corrected chi connectivity index (χ1v) is 8.11. The van der Waals surface area contributed by atoms with Crippen molar-refractivity contribution in [2.24, 2.45) is 0 Å². The molecule has 0 fully saturated rings. The minimum Gasteiger partial charge on any atom is -0.476 e. The summed E-state index contributed by atoms with van der Waals surface area (Å²) < 4.78 is 26.3. The summed E-state index contributed by atoms with van der Waals surface area (Å²) in [6.07, 6.45) is 0. The van der Waals surface area contributed by atoms with Crippen molar-refractivity contribution in [2.45, 2.75) is 5.75 Å². The van der Waals surface area contributed by atoms with Gasteiger partial charge in [-0.25, -0.2) is 18.2 Å². The Morgan fingerprint density at radius 2 is 2.14 bits per heavy atom. The molecule has 0 saturated carbocycles. The van der Waals surface area contributed by atoms with Gasteiger partial charge in [0.1, 0.15) is 5.00 Å². The molecule has 21 heavy (non-hydrogen) atoms. The van der Waals surface area contributed by atoms with Crippen LogP contribution in [0.1, 0.15) is 21.6 Å². The highest BCUT2D eigenvalue weighted by atomic mass is 32.2. The highest BCUT2D eigenvalue weighted by molar-refractivity contribution is 7.92. The smallest absolute Gasteiger partial charge is 0.357 e. The Bertz CT molecular complexity index is 821. The fraction of sp³-hybridized carbons (Fsp3) is 0.0833. The molecule has 0 radical (unpaired) electrons. The number of sulfonamides is 1. The minimum atomic E-state index is -3.84. The predicted octanol–water partition coefficient (Wildman–Crippen LogP) is 1.65. The molecule has 0 spiro atoms. The molecule has 7 nitrogen and oxygen atoms in total. The molecule has 0 aliphatic rings. The van der Waals surface area contributed by atoms with Crippen molar-refractivity contribution < 1.29 is 18.3 Å². The SMILES string of the molecule is N#Cc1ccccc1CS(=O)(=O)Nc1scnc1C(=O)O. The van der Waals surface area contributed by atoms with Crippen LogP contribution in [0.5, 0.6) is 0 Å². The normalized spacial score (nSPS) is 10.8. The van der Waals surface area contributed by atoms with Gasteiger partial charge in [-0.15, -0.1) is 11.3 Å². The molecule has 0 aliphatic heterocycles. The molecule has 108 valence electrons. The number of aromatic nitrogens is 1. The van der Waals surface area contributed by atoms with Gasteiger partial charge in [-0.2, -0.15) is 5.26 Å². The number of hydrogen-bond acceptors (Lipinski definition) is 6. The average Bonchev–Trinajstić information content (AvgIpc) is 2.86. The molecule has 1 heterocycles. The number of carbonyl (C=O) groups is 1. The molecule has 2 rings (SSSR count). The monoisotopic (exact) mass is 323 g/mol. The van der Waals surface area contributed by atoms with Gasteiger partial charge in [-0.05, 0) is 11.6 Å². The van der Waals surface area contributed by atoms with Crippen LogP contribution in [0, 0.1) is 11.3 Å². The molecule has 0 aliphatic carbocycles. The lowest BCUT2D eigenvalue weighted by Gasteiger charge is -2.07. The highest BCUT2D eigenvalue weighted by Gasteiger charge is 2.20. The van der Waals surface area contributed by atoms with Gasteiger partial charge in [0.15, 0.2) is 5.69 Å². The number of benzene rings is 1. The van der Waals surface area contributed by atoms with Crippen LogP contribution in [0.2, 0.25) is 0 Å². The van der Waals surface area contributed by atoms with Gasteiger partial charge < -0.3 is 5.11 Å². The molecule has 9 heteroatoms. The summed E-state index contributed by atoms with van der Waals surface area (Å²) in [5.74, 6) is -1.74. The highest BCUT2D eigenvalue weighted by Crippen LogP contribution is 2.23. The third kappa shape index (κ3) is 3.56. The van der Waals surface area contributed by atoms with Crippen LogP contribution in [-0.4, -0.2) is 24.5 Å². The van der Waals surface area contributed by atoms with Gasteiger partial charge in [0.25, 0.3) is 0 Å². The minimum absolute atomic E-state index is 0.0584. The number of nitrogens with one attached hydrogen (secondary N) is 1. The Kier molecular flexibility index (Phi) is 4.21. The summed E-state index contributed by atoms with van der Waals surface area (Å²) in [6, 6.07) is 8.21. The number of nitrogens with zero attached hydrogens (tertiary/aromatic N) is 2. The maximum atomic E-state index is 12.1. The molecule has 1 aromatic heterocycles. The topological polar surface area (TPSA) is 120 Å². The second-order valence-electron chi connectivity index (χ2n) is 3.97. The lowest BCUT2D eigenvalue weighted by atomic mass is 10.1. The molecule has 0 unspecified atom stereocenters. The summed E-state index contributed by atoms with van der Waals surface area (Å²) in [5, 5.41) is 17.8. The van der Waals surface area contributed by atoms with Gasteiger partial charge in [-0.1, -0.05) is 18.2 Å². The van der Waals surface area contributed by atoms with Gasteiger partial charge in [0.2, 0.25) is 10.0 Å². The Balaban J connectivity index is 2.26. The Morgan fingerprint density at radius 1 is 1.43 bits per heavy atom. The predicted molar refractivity (Wildman–Crippen MR) is 76.5 cm³/mol. The number of rotatable bonds is 5. The van der Waals surface area contributed by atoms with Crippen molar-refractivity contribution in [2.75, 3.05) is 4.72 Å². The number of aromatic carboxylic acids is 1. The van der Waals surface area contributed by atoms with E-state index in [9.17, 15) is 13.2 Å². The summed E-state index contributed by atoms with van der Waals surface area (Å²) in [4.78, 5) is 14.5. The summed E-state index contributed by atoms with van der Waals surface area (Å²) in [5.41, 5.74) is 1.49. The van der Waals surface area contributed by atoms with Crippen molar-refractivity contribution in [3.05, 3.63) is 46.6 Å². The first-order valence-electron chi connectivity index (χ1n) is 5.58. The maximum Gasteiger partial charge on any atom is 0.357 e. The van der Waals surface area contributed by atoms with E-state index < -0.39 is 21.7 Å². The van der Waals surface area contributed by atoms with E-state index in [2.05, 4.69) is 9.71 Å². The van der Waals surface area contributed by atoms with E-state index in [0.29, 0.717) is 5.56 Å². The van der Waals surface area contributed by atoms with E-state index in [1.54, 1.807) is 12.1 Å². The number of hydrogen-bond donors (Lipinski definition) is 2. The third-order valence-corrected chi connectivity index (χ3v) is 4.58. The standard InChI is InChI=1S/C12H9N3O4S2/c13-5-8-3-1-2-4-9(8)6-21(18,19)15-11-10(12(16)17)14-7-20-11/h1-4,7,15H,6H2,(H,16,17). The van der Waals surface area contributed by atoms with Crippen molar-refractivity contribution in [1.82, 2.24) is 4.98 Å². The zero-order valence-electron chi connectivity index (χ0n) is 10.5. The molecular formula is C12H9N3O4S2. The van der Waals surface area contributed by atoms with E-state index in [4.69, 9.17) is 10.4 Å². The summed E-state index contributed by atoms with van der Waals surface area (Å²) in [6.45, 7) is 0. The third-order valence-electron chi connectivity index (χ3n) is 2.50. The summed E-state index contributed by atoms with van der Waals surface area (Å²) >= 11 is 0.878. The second-order valence-corrected chi connectivity index (χ2v) is 6.54. The van der Waals surface area contributed by atoms with E-state index in [-0.39, 0.29) is 16.3 Å². The van der Waals surface area contributed by atoms with Crippen molar-refractivity contribution in [3.63, 3.8) is 0 Å². The Morgan fingerprint density at radius 3 is 2.81 bits per heavy atom. The lowest BCUT2D eigenvalue weighted by molar-refractivity contribution is 0.0692. The largest absolute Gasteiger partial charge is 0.476 e. The lowest BCUT2D eigenvalue weighted by Crippen LogP contribution is -2.16. The van der Waals surface area contributed by atoms with Crippen LogP contribution in [0.3, 0.4) is 0 Å². The molecule has 2 N–H and O–H groups in total. The quantitative estimate of drug-likeness (QED) is 0.863. The van der Waals surface area contributed by atoms with Gasteiger partial charge >= 0.3 is 5.97 Å². The number of carboxylic acids is 1. The molecular weight excluding hydrogens is 314 g/mol. The fourth-order valence-electron chi connectivity index (χ4n) is 1.61. The number of nitriles is 1. The zero-order chi connectivity index (χ0) is 15.5. The van der Waals surface area contributed by atoms with Crippen molar-refractivity contribution in [1.29, 1.82) is 5.26 Å². The van der Waals surface area contributed by atoms with E-state index >= 15 is 0 Å². The Labute approximate surface area is 124 Å². The summed E-state index contributed by atoms with van der Waals surface area (Å²) in [7, 11) is -3.84. The second kappa shape index (κ2) is 5.90. The van der Waals surface area contributed by atoms with Gasteiger partial charge in [-0.3, -0.25) is 4.72 Å². The van der Waals surface area contributed by atoms with Crippen molar-refractivity contribution >= 4 is 32.3 Å². The van der Waals surface area contributed by atoms with Crippen molar-refractivity contribution in [3.8, 4) is 6.07 Å². The molecule has 0 saturated heterocycles. The first kappa shape index (κ1) is 15.0. The van der Waals surface area contributed by atoms with Crippen LogP contribution in [0.4, 0.5) is 5.00 Å². The van der Waals surface area contributed by atoms with Crippen LogP contribution < -0.4 is 4.72 Å². The maximum absolute atomic E-state index is 12.1. The number of thiazole rings is 1. The fourth-order valence-corrected chi connectivity index (χ4v) is 3.81. The van der Waals surface area contributed by atoms with Crippen LogP contribution >= 0.6 is 11.3 Å². The molecule has 0 bridgehead atoms. The van der Waals surface area contributed by atoms with E-state index in [0.717, 1.165) is 11.3 Å². The molecule has 2 aromatic rings. The van der Waals surface area contributed by atoms with Crippen LogP contribution in [0.25, 0.3) is 0 Å². The van der Waals surface area contributed by atoms with Crippen LogP contribution in [0.15, 0.2) is 29.8 Å². The van der Waals surface area contributed by atoms with Crippen LogP contribution in [-0.2, 0) is 15.8 Å². The Hall–Kier alpha value is -2.44. The number of carboxylic acid groups (broad SMARTS) is 1.